The van der Waals surface area contributed by atoms with Crippen molar-refractivity contribution in [3.8, 4) is 33.9 Å². The second-order valence-electron chi connectivity index (χ2n) is 5.62. The van der Waals surface area contributed by atoms with E-state index in [1.54, 1.807) is 12.1 Å². The third-order valence-electron chi connectivity index (χ3n) is 3.97. The zero-order chi connectivity index (χ0) is 16.8. The molecule has 2 aromatic heterocycles. The quantitative estimate of drug-likeness (QED) is 0.493. The molecule has 24 heavy (non-hydrogen) atoms. The summed E-state index contributed by atoms with van der Waals surface area (Å²) in [6.45, 7) is 1.83. The Hall–Kier alpha value is -2.79. The SMILES string of the molecule is Cc1cc(O)cc2c(-c3ccsc3)c(-c3ccc(O)cc3F)oc12. The van der Waals surface area contributed by atoms with E-state index in [-0.39, 0.29) is 17.1 Å². The third-order valence-corrected chi connectivity index (χ3v) is 4.65. The number of phenolic OH excluding ortho intramolecular Hbond substituents is 2. The van der Waals surface area contributed by atoms with Crippen LogP contribution >= 0.6 is 11.3 Å². The normalized spacial score (nSPS) is 11.2. The number of aromatic hydroxyl groups is 2. The molecule has 0 aliphatic heterocycles. The Labute approximate surface area is 141 Å². The van der Waals surface area contributed by atoms with Crippen LogP contribution in [0.2, 0.25) is 0 Å². The van der Waals surface area contributed by atoms with E-state index in [0.29, 0.717) is 11.3 Å². The Morgan fingerprint density at radius 3 is 2.58 bits per heavy atom. The number of halogens is 1. The van der Waals surface area contributed by atoms with E-state index in [4.69, 9.17) is 4.42 Å². The van der Waals surface area contributed by atoms with Crippen molar-refractivity contribution in [2.75, 3.05) is 0 Å². The van der Waals surface area contributed by atoms with Crippen molar-refractivity contribution in [2.45, 2.75) is 6.92 Å². The molecule has 2 aromatic carbocycles. The van der Waals surface area contributed by atoms with E-state index in [2.05, 4.69) is 0 Å². The topological polar surface area (TPSA) is 53.6 Å². The molecule has 0 atom stereocenters. The van der Waals surface area contributed by atoms with Gasteiger partial charge >= 0.3 is 0 Å². The highest BCUT2D eigenvalue weighted by atomic mass is 32.1. The predicted octanol–water partition coefficient (Wildman–Crippen LogP) is 5.69. The summed E-state index contributed by atoms with van der Waals surface area (Å²) < 4.78 is 20.4. The predicted molar refractivity (Wildman–Crippen MR) is 93.0 cm³/mol. The van der Waals surface area contributed by atoms with Crippen LogP contribution in [0, 0.1) is 12.7 Å². The van der Waals surface area contributed by atoms with E-state index in [1.807, 2.05) is 23.8 Å². The first-order valence-electron chi connectivity index (χ1n) is 7.32. The number of hydrogen-bond acceptors (Lipinski definition) is 4. The summed E-state index contributed by atoms with van der Waals surface area (Å²) in [6.07, 6.45) is 0. The molecule has 3 nitrogen and oxygen atoms in total. The van der Waals surface area contributed by atoms with Crippen molar-refractivity contribution in [1.29, 1.82) is 0 Å². The van der Waals surface area contributed by atoms with Gasteiger partial charge in [0.25, 0.3) is 0 Å². The molecule has 0 saturated heterocycles. The Kier molecular flexibility index (Phi) is 3.32. The molecule has 5 heteroatoms. The molecule has 120 valence electrons. The van der Waals surface area contributed by atoms with Gasteiger partial charge in [0, 0.05) is 17.0 Å². The molecule has 0 radical (unpaired) electrons. The Balaban J connectivity index is 2.12. The van der Waals surface area contributed by atoms with E-state index in [9.17, 15) is 14.6 Å². The van der Waals surface area contributed by atoms with Gasteiger partial charge < -0.3 is 14.6 Å². The average molecular weight is 340 g/mol. The summed E-state index contributed by atoms with van der Waals surface area (Å²) in [7, 11) is 0. The highest BCUT2D eigenvalue weighted by molar-refractivity contribution is 7.08. The molecular weight excluding hydrogens is 327 g/mol. The van der Waals surface area contributed by atoms with Crippen LogP contribution in [-0.2, 0) is 0 Å². The summed E-state index contributed by atoms with van der Waals surface area (Å²) in [4.78, 5) is 0. The van der Waals surface area contributed by atoms with Gasteiger partial charge in [-0.2, -0.15) is 11.3 Å². The maximum Gasteiger partial charge on any atom is 0.146 e. The largest absolute Gasteiger partial charge is 0.508 e. The monoisotopic (exact) mass is 340 g/mol. The number of fused-ring (bicyclic) bond motifs is 1. The molecule has 0 aliphatic carbocycles. The van der Waals surface area contributed by atoms with Crippen LogP contribution in [0.1, 0.15) is 5.56 Å². The highest BCUT2D eigenvalue weighted by Gasteiger charge is 2.22. The van der Waals surface area contributed by atoms with Crippen molar-refractivity contribution >= 4 is 22.3 Å². The zero-order valence-electron chi connectivity index (χ0n) is 12.7. The van der Waals surface area contributed by atoms with Crippen LogP contribution in [-0.4, -0.2) is 10.2 Å². The number of hydrogen-bond donors (Lipinski definition) is 2. The molecule has 0 bridgehead atoms. The lowest BCUT2D eigenvalue weighted by molar-refractivity contribution is 0.469. The Bertz CT molecular complexity index is 1050. The summed E-state index contributed by atoms with van der Waals surface area (Å²) in [5.74, 6) is -0.185. The smallest absolute Gasteiger partial charge is 0.146 e. The van der Waals surface area contributed by atoms with Gasteiger partial charge in [0.1, 0.15) is 28.7 Å². The highest BCUT2D eigenvalue weighted by Crippen LogP contribution is 2.44. The van der Waals surface area contributed by atoms with Crippen molar-refractivity contribution in [3.05, 3.63) is 58.5 Å². The van der Waals surface area contributed by atoms with E-state index in [0.717, 1.165) is 28.1 Å². The average Bonchev–Trinajstić information content (AvgIpc) is 3.14. The van der Waals surface area contributed by atoms with Gasteiger partial charge in [-0.05, 0) is 59.1 Å². The van der Waals surface area contributed by atoms with Crippen LogP contribution < -0.4 is 0 Å². The number of furan rings is 1. The van der Waals surface area contributed by atoms with Gasteiger partial charge in [-0.25, -0.2) is 4.39 Å². The lowest BCUT2D eigenvalue weighted by Gasteiger charge is -2.04. The first-order valence-corrected chi connectivity index (χ1v) is 8.26. The minimum atomic E-state index is -0.563. The van der Waals surface area contributed by atoms with E-state index < -0.39 is 5.82 Å². The molecule has 0 unspecified atom stereocenters. The van der Waals surface area contributed by atoms with Crippen molar-refractivity contribution in [2.24, 2.45) is 0 Å². The molecule has 0 saturated carbocycles. The Morgan fingerprint density at radius 1 is 1.04 bits per heavy atom. The lowest BCUT2D eigenvalue weighted by Crippen LogP contribution is -1.84. The second kappa shape index (κ2) is 5.39. The maximum atomic E-state index is 14.4. The maximum absolute atomic E-state index is 14.4. The number of aryl methyl sites for hydroxylation is 1. The van der Waals surface area contributed by atoms with E-state index in [1.165, 1.54) is 23.5 Å². The summed E-state index contributed by atoms with van der Waals surface area (Å²) in [5.41, 5.74) is 3.27. The van der Waals surface area contributed by atoms with Crippen molar-refractivity contribution in [3.63, 3.8) is 0 Å². The standard InChI is InChI=1S/C19H13FO3S/c1-10-6-13(22)7-15-17(11-4-5-24-9-11)19(23-18(10)15)14-3-2-12(21)8-16(14)20/h2-9,21-22H,1H3. The van der Waals surface area contributed by atoms with Crippen molar-refractivity contribution in [1.82, 2.24) is 0 Å². The molecule has 0 spiro atoms. The van der Waals surface area contributed by atoms with Gasteiger partial charge in [-0.15, -0.1) is 0 Å². The minimum absolute atomic E-state index is 0.134. The molecule has 4 aromatic rings. The number of thiophene rings is 1. The zero-order valence-corrected chi connectivity index (χ0v) is 13.5. The number of rotatable bonds is 2. The molecule has 4 rings (SSSR count). The van der Waals surface area contributed by atoms with E-state index >= 15 is 0 Å². The van der Waals surface area contributed by atoms with Gasteiger partial charge in [-0.3, -0.25) is 0 Å². The number of benzene rings is 2. The first-order chi connectivity index (χ1) is 11.5. The van der Waals surface area contributed by atoms with Crippen LogP contribution in [0.25, 0.3) is 33.4 Å². The van der Waals surface area contributed by atoms with Crippen LogP contribution in [0.3, 0.4) is 0 Å². The summed E-state index contributed by atoms with van der Waals surface area (Å²) in [5, 5.41) is 24.0. The minimum Gasteiger partial charge on any atom is -0.508 e. The molecule has 0 aliphatic rings. The molecule has 2 heterocycles. The fourth-order valence-corrected chi connectivity index (χ4v) is 3.57. The lowest BCUT2D eigenvalue weighted by atomic mass is 9.99. The van der Waals surface area contributed by atoms with Crippen LogP contribution in [0.5, 0.6) is 11.5 Å². The first kappa shape index (κ1) is 14.8. The van der Waals surface area contributed by atoms with Crippen LogP contribution in [0.4, 0.5) is 4.39 Å². The summed E-state index contributed by atoms with van der Waals surface area (Å²) in [6, 6.07) is 9.14. The summed E-state index contributed by atoms with van der Waals surface area (Å²) >= 11 is 1.53. The van der Waals surface area contributed by atoms with Gasteiger partial charge in [-0.1, -0.05) is 0 Å². The molecule has 0 amide bonds. The molecule has 2 N–H and O–H groups in total. The van der Waals surface area contributed by atoms with Crippen molar-refractivity contribution < 1.29 is 19.0 Å². The van der Waals surface area contributed by atoms with Gasteiger partial charge in [0.05, 0.1) is 5.56 Å². The van der Waals surface area contributed by atoms with Crippen LogP contribution in [0.15, 0.2) is 51.6 Å². The third kappa shape index (κ3) is 2.25. The fourth-order valence-electron chi connectivity index (χ4n) is 2.92. The Morgan fingerprint density at radius 2 is 1.88 bits per heavy atom. The van der Waals surface area contributed by atoms with Gasteiger partial charge in [0.2, 0.25) is 0 Å². The fraction of sp³-hybridized carbons (Fsp3) is 0.0526. The number of phenols is 2. The molecule has 0 fully saturated rings. The van der Waals surface area contributed by atoms with Gasteiger partial charge in [0.15, 0.2) is 0 Å². The second-order valence-corrected chi connectivity index (χ2v) is 6.40. The molecular formula is C19H13FO3S.